The van der Waals surface area contributed by atoms with Crippen LogP contribution in [0, 0.1) is 37.0 Å². The summed E-state index contributed by atoms with van der Waals surface area (Å²) in [6.45, 7) is 6.41. The van der Waals surface area contributed by atoms with E-state index in [1.807, 2.05) is 36.7 Å². The van der Waals surface area contributed by atoms with E-state index in [2.05, 4.69) is 20.0 Å². The van der Waals surface area contributed by atoms with E-state index in [0.29, 0.717) is 18.7 Å². The summed E-state index contributed by atoms with van der Waals surface area (Å²) in [5.74, 6) is 2.05. The third-order valence-electron chi connectivity index (χ3n) is 6.26. The molecule has 2 aliphatic rings. The maximum atomic E-state index is 13.1. The number of aryl methyl sites for hydroxylation is 2. The average molecular weight is 450 g/mol. The number of hydrogen-bond acceptors (Lipinski definition) is 7. The van der Waals surface area contributed by atoms with Crippen LogP contribution in [0.15, 0.2) is 47.6 Å². The fourth-order valence-electron chi connectivity index (χ4n) is 4.67. The van der Waals surface area contributed by atoms with Crippen LogP contribution in [0.4, 0.5) is 5.82 Å². The number of sulfonamides is 1. The molecule has 5 rings (SSSR count). The molecule has 3 aromatic rings. The smallest absolute Gasteiger partial charge is 0.243 e. The largest absolute Gasteiger partial charge is 0.356 e. The van der Waals surface area contributed by atoms with Gasteiger partial charge in [0, 0.05) is 37.9 Å². The number of nitriles is 1. The quantitative estimate of drug-likeness (QED) is 0.599. The highest BCUT2D eigenvalue weighted by Gasteiger charge is 2.44. The van der Waals surface area contributed by atoms with E-state index in [9.17, 15) is 8.42 Å². The van der Waals surface area contributed by atoms with Crippen LogP contribution in [0.1, 0.15) is 17.0 Å². The Hall–Kier alpha value is -3.29. The van der Waals surface area contributed by atoms with Gasteiger partial charge in [0.1, 0.15) is 12.1 Å². The van der Waals surface area contributed by atoms with Gasteiger partial charge in [-0.15, -0.1) is 0 Å². The Morgan fingerprint density at radius 3 is 2.22 bits per heavy atom. The minimum absolute atomic E-state index is 0.235. The molecule has 2 unspecified atom stereocenters. The molecule has 0 spiro atoms. The lowest BCUT2D eigenvalue weighted by atomic mass is 10.0. The highest BCUT2D eigenvalue weighted by Crippen LogP contribution is 2.36. The van der Waals surface area contributed by atoms with E-state index in [1.54, 1.807) is 22.8 Å². The standard InChI is InChI=1S/C22H23N7O2S/c1-15-7-16(2)29(26-15)22-8-21(24-14-25-22)27-10-18-12-28(13-19(18)11-27)32(30,31)20-5-3-17(9-23)4-6-20/h3-8,14,18-19H,10-13H2,1-2H3. The number of benzene rings is 1. The summed E-state index contributed by atoms with van der Waals surface area (Å²) in [4.78, 5) is 11.3. The van der Waals surface area contributed by atoms with Crippen molar-refractivity contribution in [2.24, 2.45) is 11.8 Å². The molecule has 0 radical (unpaired) electrons. The lowest BCUT2D eigenvalue weighted by Crippen LogP contribution is -2.33. The fraction of sp³-hybridized carbons (Fsp3) is 0.364. The molecule has 4 heterocycles. The van der Waals surface area contributed by atoms with E-state index < -0.39 is 10.0 Å². The molecule has 0 N–H and O–H groups in total. The van der Waals surface area contributed by atoms with Gasteiger partial charge in [0.15, 0.2) is 5.82 Å². The third-order valence-corrected chi connectivity index (χ3v) is 8.11. The van der Waals surface area contributed by atoms with Gasteiger partial charge in [-0.2, -0.15) is 14.7 Å². The molecule has 0 amide bonds. The van der Waals surface area contributed by atoms with Crippen molar-refractivity contribution in [1.82, 2.24) is 24.1 Å². The van der Waals surface area contributed by atoms with Crippen molar-refractivity contribution in [2.45, 2.75) is 18.7 Å². The van der Waals surface area contributed by atoms with Gasteiger partial charge in [0.05, 0.1) is 22.2 Å². The lowest BCUT2D eigenvalue weighted by Gasteiger charge is -2.22. The Balaban J connectivity index is 1.30. The lowest BCUT2D eigenvalue weighted by molar-refractivity contribution is 0.453. The number of nitrogens with zero attached hydrogens (tertiary/aromatic N) is 7. The maximum Gasteiger partial charge on any atom is 0.243 e. The van der Waals surface area contributed by atoms with E-state index in [0.717, 1.165) is 36.1 Å². The first-order valence-electron chi connectivity index (χ1n) is 10.5. The molecule has 2 fully saturated rings. The van der Waals surface area contributed by atoms with Crippen LogP contribution >= 0.6 is 0 Å². The Kier molecular flexibility index (Phi) is 4.95. The minimum atomic E-state index is -3.56. The van der Waals surface area contributed by atoms with Crippen molar-refractivity contribution in [3.63, 3.8) is 0 Å². The molecule has 0 saturated carbocycles. The summed E-state index contributed by atoms with van der Waals surface area (Å²) >= 11 is 0. The SMILES string of the molecule is Cc1cc(C)n(-c2cc(N3CC4CN(S(=O)(=O)c5ccc(C#N)cc5)CC4C3)ncn2)n1. The van der Waals surface area contributed by atoms with Crippen molar-refractivity contribution in [3.8, 4) is 11.9 Å². The molecule has 0 aliphatic carbocycles. The zero-order valence-electron chi connectivity index (χ0n) is 17.9. The van der Waals surface area contributed by atoms with E-state index in [1.165, 1.54) is 12.1 Å². The number of hydrogen-bond donors (Lipinski definition) is 0. The molecular formula is C22H23N7O2S. The van der Waals surface area contributed by atoms with Crippen molar-refractivity contribution in [3.05, 3.63) is 59.7 Å². The first-order chi connectivity index (χ1) is 15.3. The van der Waals surface area contributed by atoms with Crippen LogP contribution in [-0.2, 0) is 10.0 Å². The van der Waals surface area contributed by atoms with E-state index in [4.69, 9.17) is 5.26 Å². The molecule has 32 heavy (non-hydrogen) atoms. The number of aromatic nitrogens is 4. The highest BCUT2D eigenvalue weighted by molar-refractivity contribution is 7.89. The molecule has 9 nitrogen and oxygen atoms in total. The van der Waals surface area contributed by atoms with Gasteiger partial charge in [-0.1, -0.05) is 0 Å². The van der Waals surface area contributed by atoms with E-state index >= 15 is 0 Å². The first-order valence-corrected chi connectivity index (χ1v) is 11.9. The number of fused-ring (bicyclic) bond motifs is 1. The van der Waals surface area contributed by atoms with Crippen LogP contribution in [0.5, 0.6) is 0 Å². The third kappa shape index (κ3) is 3.53. The topological polar surface area (TPSA) is 108 Å². The maximum absolute atomic E-state index is 13.1. The molecule has 164 valence electrons. The van der Waals surface area contributed by atoms with Crippen LogP contribution in [0.2, 0.25) is 0 Å². The summed E-state index contributed by atoms with van der Waals surface area (Å²) in [6, 6.07) is 12.1. The van der Waals surface area contributed by atoms with Crippen molar-refractivity contribution in [1.29, 1.82) is 5.26 Å². The molecule has 2 aromatic heterocycles. The minimum Gasteiger partial charge on any atom is -0.356 e. The molecule has 2 atom stereocenters. The molecule has 2 aliphatic heterocycles. The number of anilines is 1. The summed E-state index contributed by atoms with van der Waals surface area (Å²) in [6.07, 6.45) is 1.55. The summed E-state index contributed by atoms with van der Waals surface area (Å²) in [5.41, 5.74) is 2.39. The predicted octanol–water partition coefficient (Wildman–Crippen LogP) is 1.91. The average Bonchev–Trinajstić information content (AvgIpc) is 3.47. The monoisotopic (exact) mass is 449 g/mol. The van der Waals surface area contributed by atoms with Gasteiger partial charge >= 0.3 is 0 Å². The highest BCUT2D eigenvalue weighted by atomic mass is 32.2. The number of rotatable bonds is 4. The fourth-order valence-corrected chi connectivity index (χ4v) is 6.22. The normalized spacial score (nSPS) is 21.0. The Labute approximate surface area is 187 Å². The summed E-state index contributed by atoms with van der Waals surface area (Å²) < 4.78 is 29.5. The molecule has 2 saturated heterocycles. The molecule has 1 aromatic carbocycles. The Morgan fingerprint density at radius 1 is 0.969 bits per heavy atom. The summed E-state index contributed by atoms with van der Waals surface area (Å²) in [5, 5.41) is 13.4. The van der Waals surface area contributed by atoms with Crippen LogP contribution in [0.3, 0.4) is 0 Å². The van der Waals surface area contributed by atoms with Gasteiger partial charge in [0.25, 0.3) is 0 Å². The Morgan fingerprint density at radius 2 is 1.62 bits per heavy atom. The van der Waals surface area contributed by atoms with Crippen molar-refractivity contribution < 1.29 is 8.42 Å². The first kappa shape index (κ1) is 20.6. The van der Waals surface area contributed by atoms with Gasteiger partial charge in [-0.3, -0.25) is 0 Å². The zero-order valence-corrected chi connectivity index (χ0v) is 18.7. The second kappa shape index (κ2) is 7.69. The second-order valence-corrected chi connectivity index (χ2v) is 10.4. The van der Waals surface area contributed by atoms with Crippen LogP contribution in [0.25, 0.3) is 5.82 Å². The molecular weight excluding hydrogens is 426 g/mol. The van der Waals surface area contributed by atoms with Crippen molar-refractivity contribution >= 4 is 15.8 Å². The Bertz CT molecular complexity index is 1300. The molecule has 10 heteroatoms. The van der Waals surface area contributed by atoms with Gasteiger partial charge in [-0.25, -0.2) is 23.1 Å². The van der Waals surface area contributed by atoms with Gasteiger partial charge < -0.3 is 4.90 Å². The molecule has 0 bridgehead atoms. The van der Waals surface area contributed by atoms with Crippen LogP contribution in [-0.4, -0.2) is 58.7 Å². The van der Waals surface area contributed by atoms with E-state index in [-0.39, 0.29) is 16.7 Å². The van der Waals surface area contributed by atoms with Gasteiger partial charge in [-0.05, 0) is 56.0 Å². The van der Waals surface area contributed by atoms with Crippen molar-refractivity contribution in [2.75, 3.05) is 31.1 Å². The summed E-state index contributed by atoms with van der Waals surface area (Å²) in [7, 11) is -3.56. The van der Waals surface area contributed by atoms with Gasteiger partial charge in [0.2, 0.25) is 10.0 Å². The van der Waals surface area contributed by atoms with Crippen LogP contribution < -0.4 is 4.90 Å². The zero-order chi connectivity index (χ0) is 22.5. The second-order valence-electron chi connectivity index (χ2n) is 8.46. The predicted molar refractivity (Wildman–Crippen MR) is 118 cm³/mol.